The van der Waals surface area contributed by atoms with E-state index in [9.17, 15) is 24.0 Å². The molecule has 0 aromatic heterocycles. The van der Waals surface area contributed by atoms with Crippen molar-refractivity contribution in [2.45, 2.75) is 44.7 Å². The molecular weight excluding hydrogens is 391 g/mol. The van der Waals surface area contributed by atoms with Crippen molar-refractivity contribution >= 4 is 29.6 Å². The van der Waals surface area contributed by atoms with Crippen LogP contribution in [-0.2, 0) is 28.8 Å². The maximum Gasteiger partial charge on any atom is 0.334 e. The highest BCUT2D eigenvalue weighted by atomic mass is 16.8. The second kappa shape index (κ2) is 10.3. The van der Waals surface area contributed by atoms with Gasteiger partial charge in [0.1, 0.15) is 6.04 Å². The van der Waals surface area contributed by atoms with Crippen LogP contribution < -0.4 is 10.6 Å². The number of hydroxylamine groups is 2. The van der Waals surface area contributed by atoms with E-state index in [1.54, 1.807) is 0 Å². The van der Waals surface area contributed by atoms with Crippen molar-refractivity contribution in [3.63, 3.8) is 0 Å². The van der Waals surface area contributed by atoms with Crippen LogP contribution in [0.3, 0.4) is 0 Å². The summed E-state index contributed by atoms with van der Waals surface area (Å²) in [4.78, 5) is 67.4. The van der Waals surface area contributed by atoms with Gasteiger partial charge in [-0.05, 0) is 21.0 Å². The largest absolute Gasteiger partial charge is 0.355 e. The molecule has 2 unspecified atom stereocenters. The van der Waals surface area contributed by atoms with Gasteiger partial charge in [0.2, 0.25) is 11.8 Å². The molecule has 11 heteroatoms. The molecule has 2 atom stereocenters. The van der Waals surface area contributed by atoms with Crippen molar-refractivity contribution in [1.29, 1.82) is 0 Å². The fourth-order valence-electron chi connectivity index (χ4n) is 3.17. The van der Waals surface area contributed by atoms with Crippen LogP contribution in [0.1, 0.15) is 32.6 Å². The zero-order chi connectivity index (χ0) is 21.6. The molecule has 2 aliphatic heterocycles. The minimum absolute atomic E-state index is 0.00980. The molecular formula is C18H29N5O6. The fraction of sp³-hybridized carbons (Fsp3) is 0.722. The van der Waals surface area contributed by atoms with Gasteiger partial charge in [-0.2, -0.15) is 0 Å². The number of amides is 4. The molecule has 4 amide bonds. The number of rotatable bonds is 8. The third kappa shape index (κ3) is 6.50. The van der Waals surface area contributed by atoms with Gasteiger partial charge in [-0.1, -0.05) is 0 Å². The lowest BCUT2D eigenvalue weighted by molar-refractivity contribution is -0.197. The van der Waals surface area contributed by atoms with Gasteiger partial charge < -0.3 is 20.4 Å². The molecule has 0 spiro atoms. The first-order chi connectivity index (χ1) is 13.7. The summed E-state index contributed by atoms with van der Waals surface area (Å²) >= 11 is 0. The van der Waals surface area contributed by atoms with E-state index in [1.165, 1.54) is 0 Å². The number of piperazine rings is 1. The number of carbonyl (C=O) groups excluding carboxylic acids is 5. The molecule has 2 aliphatic rings. The van der Waals surface area contributed by atoms with Crippen molar-refractivity contribution in [2.24, 2.45) is 0 Å². The third-order valence-corrected chi connectivity index (χ3v) is 5.10. The van der Waals surface area contributed by atoms with Crippen LogP contribution in [-0.4, -0.2) is 96.8 Å². The van der Waals surface area contributed by atoms with Crippen LogP contribution in [0.4, 0.5) is 0 Å². The molecule has 2 rings (SSSR count). The summed E-state index contributed by atoms with van der Waals surface area (Å²) in [6.07, 6.45) is -0.0415. The van der Waals surface area contributed by atoms with Gasteiger partial charge in [0.05, 0.1) is 6.42 Å². The molecule has 162 valence electrons. The number of carbonyl (C=O) groups is 5. The molecule has 0 bridgehead atoms. The second-order valence-electron chi connectivity index (χ2n) is 7.43. The Bertz CT molecular complexity index is 653. The van der Waals surface area contributed by atoms with Crippen molar-refractivity contribution in [3.05, 3.63) is 0 Å². The predicted molar refractivity (Wildman–Crippen MR) is 101 cm³/mol. The van der Waals surface area contributed by atoms with Gasteiger partial charge in [-0.25, -0.2) is 4.79 Å². The molecule has 2 N–H and O–H groups in total. The summed E-state index contributed by atoms with van der Waals surface area (Å²) < 4.78 is 0. The molecule has 0 saturated carbocycles. The smallest absolute Gasteiger partial charge is 0.334 e. The summed E-state index contributed by atoms with van der Waals surface area (Å²) in [5.41, 5.74) is 0. The zero-order valence-corrected chi connectivity index (χ0v) is 17.1. The fourth-order valence-corrected chi connectivity index (χ4v) is 3.17. The Morgan fingerprint density at radius 3 is 2.24 bits per heavy atom. The molecule has 29 heavy (non-hydrogen) atoms. The van der Waals surface area contributed by atoms with Gasteiger partial charge >= 0.3 is 5.97 Å². The van der Waals surface area contributed by atoms with Crippen LogP contribution in [0.25, 0.3) is 0 Å². The quantitative estimate of drug-likeness (QED) is 0.269. The van der Waals surface area contributed by atoms with Gasteiger partial charge in [0, 0.05) is 51.5 Å². The van der Waals surface area contributed by atoms with Crippen LogP contribution in [0, 0.1) is 0 Å². The zero-order valence-electron chi connectivity index (χ0n) is 17.1. The number of nitrogens with zero attached hydrogens (tertiary/aromatic N) is 3. The van der Waals surface area contributed by atoms with Gasteiger partial charge in [0.25, 0.3) is 11.8 Å². The Labute approximate surface area is 169 Å². The molecule has 11 nitrogen and oxygen atoms in total. The van der Waals surface area contributed by atoms with E-state index in [4.69, 9.17) is 4.84 Å². The lowest BCUT2D eigenvalue weighted by Gasteiger charge is -2.41. The maximum absolute atomic E-state index is 12.3. The molecule has 0 radical (unpaired) electrons. The van der Waals surface area contributed by atoms with Crippen molar-refractivity contribution in [2.75, 3.05) is 40.3 Å². The van der Waals surface area contributed by atoms with Gasteiger partial charge in [-0.3, -0.25) is 24.1 Å². The van der Waals surface area contributed by atoms with Crippen LogP contribution >= 0.6 is 0 Å². The molecule has 2 fully saturated rings. The number of likely N-dealkylation sites (N-methyl/N-ethyl adjacent to an activating group) is 2. The average molecular weight is 420 g/mol. The van der Waals surface area contributed by atoms with Crippen LogP contribution in [0.15, 0.2) is 0 Å². The first-order valence-electron chi connectivity index (χ1n) is 9.70. The lowest BCUT2D eigenvalue weighted by atomic mass is 10.4. The Hall–Kier alpha value is -2.53. The first kappa shape index (κ1) is 22.8. The number of hydrogen-bond donors (Lipinski definition) is 2. The third-order valence-electron chi connectivity index (χ3n) is 5.10. The molecule has 0 aromatic rings. The molecule has 0 aromatic carbocycles. The molecule has 2 heterocycles. The Morgan fingerprint density at radius 1 is 0.966 bits per heavy atom. The highest BCUT2D eigenvalue weighted by molar-refractivity contribution is 6.01. The summed E-state index contributed by atoms with van der Waals surface area (Å²) in [5, 5.41) is 5.77. The lowest BCUT2D eigenvalue weighted by Crippen LogP contribution is -2.59. The highest BCUT2D eigenvalue weighted by Crippen LogP contribution is 2.13. The summed E-state index contributed by atoms with van der Waals surface area (Å²) in [6, 6.07) is 0.119. The number of imide groups is 1. The molecule has 2 saturated heterocycles. The normalized spacial score (nSPS) is 23.2. The van der Waals surface area contributed by atoms with Crippen molar-refractivity contribution in [3.8, 4) is 0 Å². The minimum atomic E-state index is -0.777. The van der Waals surface area contributed by atoms with E-state index in [2.05, 4.69) is 22.5 Å². The van der Waals surface area contributed by atoms with Crippen LogP contribution in [0.2, 0.25) is 0 Å². The Morgan fingerprint density at radius 2 is 1.59 bits per heavy atom. The predicted octanol–water partition coefficient (Wildman–Crippen LogP) is -1.76. The van der Waals surface area contributed by atoms with E-state index >= 15 is 0 Å². The number of hydrogen-bond acceptors (Lipinski definition) is 8. The summed E-state index contributed by atoms with van der Waals surface area (Å²) in [6.45, 7) is 3.72. The monoisotopic (exact) mass is 420 g/mol. The highest BCUT2D eigenvalue weighted by Gasteiger charge is 2.33. The standard InChI is InChI=1S/C18H29N5O6/c1-12-10-22(3)13(11-21(12)2)18(28)20-8-6-14(24)19-9-7-17(27)29-23-15(25)4-5-16(23)26/h12-13H,4-11H2,1-3H3,(H,19,24)(H,20,28)/i1+1,2+1,3+1,7+1,10+1,12+1,13+1,17+1,19+1. The molecule has 0 aliphatic carbocycles. The Balaban J connectivity index is 1.60. The SMILES string of the molecule is [13CH3][13CH]1[13CH2]N([13CH3])[13CH](C(=O)NCCC(=O)[15NH]C[13CH2][13C](=O)ON2C(=O)CCC2=O)CN1[13CH3]. The number of nitrogens with one attached hydrogen (secondary N) is 2. The summed E-state index contributed by atoms with van der Waals surface area (Å²) in [5.74, 6) is -2.32. The van der Waals surface area contributed by atoms with Crippen LogP contribution in [0.5, 0.6) is 0 Å². The van der Waals surface area contributed by atoms with E-state index in [0.29, 0.717) is 17.6 Å². The van der Waals surface area contributed by atoms with Crippen molar-refractivity contribution < 1.29 is 28.8 Å². The van der Waals surface area contributed by atoms with E-state index in [-0.39, 0.29) is 56.6 Å². The van der Waals surface area contributed by atoms with Gasteiger partial charge in [-0.15, -0.1) is 5.06 Å². The minimum Gasteiger partial charge on any atom is -0.355 e. The Kier molecular flexibility index (Phi) is 8.09. The van der Waals surface area contributed by atoms with E-state index < -0.39 is 17.8 Å². The first-order valence-corrected chi connectivity index (χ1v) is 9.70. The topological polar surface area (TPSA) is 128 Å². The average Bonchev–Trinajstić information content (AvgIpc) is 2.96. The van der Waals surface area contributed by atoms with E-state index in [1.807, 2.05) is 19.0 Å². The van der Waals surface area contributed by atoms with Gasteiger partial charge in [0.15, 0.2) is 0 Å². The van der Waals surface area contributed by atoms with E-state index in [0.717, 1.165) is 6.54 Å². The maximum atomic E-state index is 12.3. The second-order valence-corrected chi connectivity index (χ2v) is 7.43. The van der Waals surface area contributed by atoms with Crippen molar-refractivity contribution in [1.82, 2.24) is 25.5 Å². The summed E-state index contributed by atoms with van der Waals surface area (Å²) in [7, 11) is 3.88.